The Balaban J connectivity index is 2.13. The van der Waals surface area contributed by atoms with E-state index in [1.165, 1.54) is 6.21 Å². The summed E-state index contributed by atoms with van der Waals surface area (Å²) >= 11 is 0. The maximum Gasteiger partial charge on any atom is 0.422 e. The average molecular weight is 340 g/mol. The molecule has 0 heterocycles. The molecular weight excluding hydrogens is 327 g/mol. The molecule has 0 bridgehead atoms. The summed E-state index contributed by atoms with van der Waals surface area (Å²) in [5.74, 6) is -3.38. The summed E-state index contributed by atoms with van der Waals surface area (Å²) in [5, 5.41) is 7.28. The second kappa shape index (κ2) is 7.33. The van der Waals surface area contributed by atoms with Crippen LogP contribution in [0.4, 0.5) is 22.0 Å². The van der Waals surface area contributed by atoms with Gasteiger partial charge in [0.1, 0.15) is 17.2 Å². The Bertz CT molecular complexity index is 739. The summed E-state index contributed by atoms with van der Waals surface area (Å²) < 4.78 is 64.1. The Hall–Kier alpha value is -2.57. The van der Waals surface area contributed by atoms with Crippen LogP contribution in [0.5, 0.6) is 0 Å². The minimum Gasteiger partial charge on any atom is -0.206 e. The number of benzene rings is 2. The fraction of sp³-hybridized carbons (Fsp3) is 0.176. The van der Waals surface area contributed by atoms with Crippen LogP contribution < -0.4 is 0 Å². The fourth-order valence-electron chi connectivity index (χ4n) is 1.98. The Morgan fingerprint density at radius 1 is 0.875 bits per heavy atom. The van der Waals surface area contributed by atoms with Gasteiger partial charge < -0.3 is 0 Å². The van der Waals surface area contributed by atoms with Crippen molar-refractivity contribution >= 4 is 12.4 Å². The van der Waals surface area contributed by atoms with E-state index in [9.17, 15) is 22.0 Å². The molecule has 0 saturated carbocycles. The molecule has 0 aromatic heterocycles. The molecule has 0 amide bonds. The van der Waals surface area contributed by atoms with Crippen LogP contribution in [-0.2, 0) is 12.6 Å². The van der Waals surface area contributed by atoms with Crippen molar-refractivity contribution < 1.29 is 22.0 Å². The lowest BCUT2D eigenvalue weighted by Crippen LogP contribution is -2.11. The highest BCUT2D eigenvalue weighted by Crippen LogP contribution is 2.33. The lowest BCUT2D eigenvalue weighted by atomic mass is 10.1. The van der Waals surface area contributed by atoms with Crippen LogP contribution in [0.3, 0.4) is 0 Å². The number of rotatable bonds is 4. The highest BCUT2D eigenvalue weighted by molar-refractivity contribution is 5.82. The third kappa shape index (κ3) is 4.47. The first-order valence-electron chi connectivity index (χ1n) is 7.03. The van der Waals surface area contributed by atoms with Crippen molar-refractivity contribution in [2.45, 2.75) is 19.5 Å². The number of alkyl halides is 3. The number of halogens is 5. The minimum absolute atomic E-state index is 0.156. The molecule has 0 fully saturated rings. The zero-order chi connectivity index (χ0) is 17.7. The number of aryl methyl sites for hydroxylation is 1. The molecule has 7 heteroatoms. The lowest BCUT2D eigenvalue weighted by Gasteiger charge is -2.09. The van der Waals surface area contributed by atoms with Crippen molar-refractivity contribution in [3.63, 3.8) is 0 Å². The van der Waals surface area contributed by atoms with Gasteiger partial charge >= 0.3 is 6.18 Å². The summed E-state index contributed by atoms with van der Waals surface area (Å²) in [7, 11) is 0. The zero-order valence-electron chi connectivity index (χ0n) is 12.6. The Labute approximate surface area is 135 Å². The van der Waals surface area contributed by atoms with Crippen molar-refractivity contribution in [3.05, 3.63) is 70.3 Å². The number of nitrogens with zero attached hydrogens (tertiary/aromatic N) is 2. The van der Waals surface area contributed by atoms with Gasteiger partial charge in [0.15, 0.2) is 0 Å². The molecule has 2 rings (SSSR count). The number of hydrogen-bond acceptors (Lipinski definition) is 2. The third-order valence-corrected chi connectivity index (χ3v) is 3.22. The van der Waals surface area contributed by atoms with E-state index < -0.39 is 23.4 Å². The first-order chi connectivity index (χ1) is 11.3. The minimum atomic E-state index is -5.09. The molecule has 0 aliphatic carbocycles. The van der Waals surface area contributed by atoms with E-state index in [-0.39, 0.29) is 5.56 Å². The molecule has 0 radical (unpaired) electrons. The fourth-order valence-corrected chi connectivity index (χ4v) is 1.98. The van der Waals surface area contributed by atoms with Gasteiger partial charge in [0.05, 0.1) is 12.4 Å². The van der Waals surface area contributed by atoms with Gasteiger partial charge in [-0.1, -0.05) is 31.2 Å². The van der Waals surface area contributed by atoms with E-state index in [2.05, 4.69) is 10.2 Å². The molecule has 126 valence electrons. The van der Waals surface area contributed by atoms with E-state index in [0.717, 1.165) is 23.8 Å². The predicted octanol–water partition coefficient (Wildman–Crippen LogP) is 5.00. The van der Waals surface area contributed by atoms with Crippen LogP contribution in [0.1, 0.15) is 29.2 Å². The van der Waals surface area contributed by atoms with Crippen molar-refractivity contribution in [1.29, 1.82) is 0 Å². The molecule has 2 nitrogen and oxygen atoms in total. The summed E-state index contributed by atoms with van der Waals surface area (Å²) in [6.45, 7) is 2.02. The topological polar surface area (TPSA) is 24.7 Å². The normalized spacial score (nSPS) is 12.4. The molecule has 0 aliphatic heterocycles. The summed E-state index contributed by atoms with van der Waals surface area (Å²) in [4.78, 5) is 0. The maximum atomic E-state index is 13.4. The van der Waals surface area contributed by atoms with E-state index in [1.807, 2.05) is 31.2 Å². The second-order valence-electron chi connectivity index (χ2n) is 4.94. The molecule has 0 N–H and O–H groups in total. The zero-order valence-corrected chi connectivity index (χ0v) is 12.6. The molecule has 2 aromatic rings. The van der Waals surface area contributed by atoms with Crippen molar-refractivity contribution in [3.8, 4) is 0 Å². The van der Waals surface area contributed by atoms with Gasteiger partial charge in [0.25, 0.3) is 0 Å². The van der Waals surface area contributed by atoms with Crippen LogP contribution in [0.25, 0.3) is 0 Å². The Morgan fingerprint density at radius 3 is 1.83 bits per heavy atom. The van der Waals surface area contributed by atoms with Gasteiger partial charge in [-0.2, -0.15) is 23.4 Å². The molecule has 0 saturated heterocycles. The van der Waals surface area contributed by atoms with Gasteiger partial charge in [0, 0.05) is 5.56 Å². The highest BCUT2D eigenvalue weighted by Gasteiger charge is 2.37. The van der Waals surface area contributed by atoms with Crippen LogP contribution in [-0.4, -0.2) is 12.4 Å². The predicted molar refractivity (Wildman–Crippen MR) is 82.4 cm³/mol. The number of hydrogen-bond donors (Lipinski definition) is 0. The van der Waals surface area contributed by atoms with E-state index in [1.54, 1.807) is 0 Å². The Kier molecular flexibility index (Phi) is 5.43. The van der Waals surface area contributed by atoms with E-state index >= 15 is 0 Å². The lowest BCUT2D eigenvalue weighted by molar-refractivity contribution is -0.142. The van der Waals surface area contributed by atoms with Gasteiger partial charge in [-0.15, -0.1) is 0 Å². The molecule has 0 aliphatic rings. The average Bonchev–Trinajstić information content (AvgIpc) is 2.50. The monoisotopic (exact) mass is 340 g/mol. The van der Waals surface area contributed by atoms with E-state index in [0.29, 0.717) is 12.1 Å². The second-order valence-corrected chi connectivity index (χ2v) is 4.94. The van der Waals surface area contributed by atoms with Crippen LogP contribution in [0.2, 0.25) is 0 Å². The SMILES string of the molecule is CCc1ccc(C=NN=Cc2cc(F)c(C(F)(F)F)c(F)c2)cc1. The summed E-state index contributed by atoms with van der Waals surface area (Å²) in [6, 6.07) is 8.62. The Morgan fingerprint density at radius 2 is 1.38 bits per heavy atom. The van der Waals surface area contributed by atoms with Gasteiger partial charge in [-0.3, -0.25) is 0 Å². The van der Waals surface area contributed by atoms with Crippen molar-refractivity contribution in [2.75, 3.05) is 0 Å². The maximum absolute atomic E-state index is 13.4. The third-order valence-electron chi connectivity index (χ3n) is 3.22. The first kappa shape index (κ1) is 17.8. The highest BCUT2D eigenvalue weighted by atomic mass is 19.4. The molecule has 0 unspecified atom stereocenters. The standard InChI is InChI=1S/C17H13F5N2/c1-2-11-3-5-12(6-4-11)9-23-24-10-13-7-14(18)16(15(19)8-13)17(20,21)22/h3-10H,2H2,1H3. The van der Waals surface area contributed by atoms with Gasteiger partial charge in [0.2, 0.25) is 0 Å². The summed E-state index contributed by atoms with van der Waals surface area (Å²) in [6.07, 6.45) is -1.79. The molecular formula is C17H13F5N2. The van der Waals surface area contributed by atoms with Crippen LogP contribution in [0, 0.1) is 11.6 Å². The first-order valence-corrected chi connectivity index (χ1v) is 7.03. The van der Waals surface area contributed by atoms with Gasteiger partial charge in [-0.25, -0.2) is 8.78 Å². The van der Waals surface area contributed by atoms with E-state index in [4.69, 9.17) is 0 Å². The van der Waals surface area contributed by atoms with Gasteiger partial charge in [-0.05, 0) is 29.7 Å². The van der Waals surface area contributed by atoms with Crippen molar-refractivity contribution in [2.24, 2.45) is 10.2 Å². The van der Waals surface area contributed by atoms with Crippen LogP contribution >= 0.6 is 0 Å². The van der Waals surface area contributed by atoms with Crippen molar-refractivity contribution in [1.82, 2.24) is 0 Å². The van der Waals surface area contributed by atoms with Crippen LogP contribution in [0.15, 0.2) is 46.6 Å². The summed E-state index contributed by atoms with van der Waals surface area (Å²) in [5.41, 5.74) is -0.142. The quantitative estimate of drug-likeness (QED) is 0.425. The largest absolute Gasteiger partial charge is 0.422 e. The smallest absolute Gasteiger partial charge is 0.206 e. The molecule has 0 spiro atoms. The molecule has 0 atom stereocenters. The molecule has 2 aromatic carbocycles. The molecule has 24 heavy (non-hydrogen) atoms.